The van der Waals surface area contributed by atoms with E-state index in [1.165, 1.54) is 30.9 Å². The maximum absolute atomic E-state index is 3.69. The summed E-state index contributed by atoms with van der Waals surface area (Å²) >= 11 is 9.12. The highest BCUT2D eigenvalue weighted by Crippen LogP contribution is 2.42. The van der Waals surface area contributed by atoms with E-state index >= 15 is 0 Å². The molecule has 0 aliphatic carbocycles. The van der Waals surface area contributed by atoms with Crippen molar-refractivity contribution in [1.29, 1.82) is 0 Å². The number of benzene rings is 3. The second-order valence-corrected chi connectivity index (χ2v) is 7.35. The molecule has 0 amide bonds. The molecule has 0 unspecified atom stereocenters. The van der Waals surface area contributed by atoms with Gasteiger partial charge in [0, 0.05) is 29.1 Å². The van der Waals surface area contributed by atoms with Gasteiger partial charge in [0.05, 0.1) is 0 Å². The Morgan fingerprint density at radius 3 is 2.58 bits per heavy atom. The van der Waals surface area contributed by atoms with Crippen molar-refractivity contribution in [3.8, 4) is 0 Å². The Morgan fingerprint density at radius 2 is 1.68 bits per heavy atom. The summed E-state index contributed by atoms with van der Waals surface area (Å²) in [5, 5.41) is 5.29. The monoisotopic (exact) mass is 390 g/mol. The third-order valence-corrected chi connectivity index (χ3v) is 5.65. The molecule has 92 valence electrons. The molecule has 1 aromatic heterocycles. The zero-order chi connectivity index (χ0) is 13.0. The van der Waals surface area contributed by atoms with Crippen molar-refractivity contribution in [3.05, 3.63) is 57.5 Å². The smallest absolute Gasteiger partial charge is 0.0434 e. The van der Waals surface area contributed by atoms with Gasteiger partial charge in [0.15, 0.2) is 0 Å². The van der Waals surface area contributed by atoms with Crippen molar-refractivity contribution in [2.45, 2.75) is 0 Å². The molecular formula is C16H8Br2S. The van der Waals surface area contributed by atoms with Crippen molar-refractivity contribution in [1.82, 2.24) is 0 Å². The van der Waals surface area contributed by atoms with Crippen LogP contribution in [0.2, 0.25) is 0 Å². The number of hydrogen-bond donors (Lipinski definition) is 0. The second-order valence-electron chi connectivity index (χ2n) is 4.53. The van der Waals surface area contributed by atoms with Gasteiger partial charge in [-0.1, -0.05) is 68.3 Å². The molecule has 0 saturated carbocycles. The Kier molecular flexibility index (Phi) is 2.69. The van der Waals surface area contributed by atoms with E-state index in [-0.39, 0.29) is 0 Å². The molecular weight excluding hydrogens is 384 g/mol. The van der Waals surface area contributed by atoms with Crippen LogP contribution in [0.4, 0.5) is 0 Å². The molecule has 3 aromatic carbocycles. The van der Waals surface area contributed by atoms with Crippen LogP contribution in [0.25, 0.3) is 30.9 Å². The number of fused-ring (bicyclic) bond motifs is 5. The lowest BCUT2D eigenvalue weighted by Gasteiger charge is -2.00. The highest BCUT2D eigenvalue weighted by Gasteiger charge is 2.11. The maximum Gasteiger partial charge on any atom is 0.0434 e. The van der Waals surface area contributed by atoms with E-state index in [1.54, 1.807) is 0 Å². The van der Waals surface area contributed by atoms with Crippen molar-refractivity contribution in [2.24, 2.45) is 0 Å². The van der Waals surface area contributed by atoms with Crippen LogP contribution in [0.1, 0.15) is 0 Å². The summed E-state index contributed by atoms with van der Waals surface area (Å²) in [6.45, 7) is 0. The van der Waals surface area contributed by atoms with E-state index in [9.17, 15) is 0 Å². The number of halogens is 2. The third-order valence-electron chi connectivity index (χ3n) is 3.38. The predicted molar refractivity (Wildman–Crippen MR) is 92.2 cm³/mol. The summed E-state index contributed by atoms with van der Waals surface area (Å²) in [6.07, 6.45) is 0. The minimum Gasteiger partial charge on any atom is -0.134 e. The van der Waals surface area contributed by atoms with E-state index in [0.717, 1.165) is 8.95 Å². The first-order chi connectivity index (χ1) is 9.24. The van der Waals surface area contributed by atoms with Crippen molar-refractivity contribution >= 4 is 74.1 Å². The Labute approximate surface area is 131 Å². The van der Waals surface area contributed by atoms with Crippen LogP contribution in [0.15, 0.2) is 57.5 Å². The fraction of sp³-hybridized carbons (Fsp3) is 0. The van der Waals surface area contributed by atoms with E-state index in [2.05, 4.69) is 80.4 Å². The first-order valence-electron chi connectivity index (χ1n) is 5.93. The molecule has 0 aliphatic heterocycles. The van der Waals surface area contributed by atoms with E-state index in [1.807, 2.05) is 11.3 Å². The van der Waals surface area contributed by atoms with Crippen LogP contribution in [-0.2, 0) is 0 Å². The van der Waals surface area contributed by atoms with Crippen LogP contribution in [-0.4, -0.2) is 0 Å². The molecule has 0 spiro atoms. The number of thiophene rings is 1. The molecule has 0 atom stereocenters. The molecule has 1 heterocycles. The van der Waals surface area contributed by atoms with Gasteiger partial charge in [-0.2, -0.15) is 0 Å². The Hall–Kier alpha value is -0.900. The van der Waals surface area contributed by atoms with E-state index in [4.69, 9.17) is 0 Å². The summed E-state index contributed by atoms with van der Waals surface area (Å²) in [4.78, 5) is 0. The van der Waals surface area contributed by atoms with Crippen LogP contribution in [0.3, 0.4) is 0 Å². The van der Waals surface area contributed by atoms with Gasteiger partial charge in [0.25, 0.3) is 0 Å². The summed E-state index contributed by atoms with van der Waals surface area (Å²) in [5.41, 5.74) is 0. The minimum atomic E-state index is 1.11. The Balaban J connectivity index is 2.31. The van der Waals surface area contributed by atoms with Crippen molar-refractivity contribution in [3.63, 3.8) is 0 Å². The number of hydrogen-bond acceptors (Lipinski definition) is 1. The fourth-order valence-electron chi connectivity index (χ4n) is 2.55. The average molecular weight is 392 g/mol. The van der Waals surface area contributed by atoms with Crippen molar-refractivity contribution < 1.29 is 0 Å². The summed E-state index contributed by atoms with van der Waals surface area (Å²) < 4.78 is 4.95. The summed E-state index contributed by atoms with van der Waals surface area (Å²) in [7, 11) is 0. The van der Waals surface area contributed by atoms with Gasteiger partial charge < -0.3 is 0 Å². The van der Waals surface area contributed by atoms with Gasteiger partial charge >= 0.3 is 0 Å². The molecule has 0 fully saturated rings. The molecule has 4 aromatic rings. The molecule has 4 rings (SSSR count). The molecule has 0 radical (unpaired) electrons. The molecule has 0 aliphatic rings. The number of rotatable bonds is 0. The fourth-order valence-corrected chi connectivity index (χ4v) is 5.58. The summed E-state index contributed by atoms with van der Waals surface area (Å²) in [6, 6.07) is 17.3. The van der Waals surface area contributed by atoms with Crippen LogP contribution in [0.5, 0.6) is 0 Å². The second kappa shape index (κ2) is 4.30. The van der Waals surface area contributed by atoms with Gasteiger partial charge in [-0.05, 0) is 22.9 Å². The zero-order valence-corrected chi connectivity index (χ0v) is 13.8. The van der Waals surface area contributed by atoms with Gasteiger partial charge in [0.1, 0.15) is 0 Å². The van der Waals surface area contributed by atoms with Gasteiger partial charge in [-0.15, -0.1) is 11.3 Å². The van der Waals surface area contributed by atoms with E-state index in [0.29, 0.717) is 0 Å². The Bertz CT molecular complexity index is 938. The van der Waals surface area contributed by atoms with Crippen LogP contribution in [0, 0.1) is 0 Å². The highest BCUT2D eigenvalue weighted by atomic mass is 79.9. The molecule has 0 nitrogen and oxygen atoms in total. The highest BCUT2D eigenvalue weighted by molar-refractivity contribution is 9.11. The predicted octanol–water partition coefficient (Wildman–Crippen LogP) is 6.73. The molecule has 0 N–H and O–H groups in total. The SMILES string of the molecule is Brc1cc(Br)c2c(c1)sc1c3ccccc3ccc12. The topological polar surface area (TPSA) is 0 Å². The average Bonchev–Trinajstić information content (AvgIpc) is 2.77. The third kappa shape index (κ3) is 1.76. The largest absolute Gasteiger partial charge is 0.134 e. The quantitative estimate of drug-likeness (QED) is 0.311. The minimum absolute atomic E-state index is 1.11. The van der Waals surface area contributed by atoms with E-state index < -0.39 is 0 Å². The van der Waals surface area contributed by atoms with Gasteiger partial charge in [-0.25, -0.2) is 0 Å². The lowest BCUT2D eigenvalue weighted by atomic mass is 10.1. The van der Waals surface area contributed by atoms with Gasteiger partial charge in [0.2, 0.25) is 0 Å². The summed E-state index contributed by atoms with van der Waals surface area (Å²) in [5.74, 6) is 0. The lowest BCUT2D eigenvalue weighted by molar-refractivity contribution is 1.72. The normalized spacial score (nSPS) is 11.7. The molecule has 19 heavy (non-hydrogen) atoms. The lowest BCUT2D eigenvalue weighted by Crippen LogP contribution is -1.73. The first-order valence-corrected chi connectivity index (χ1v) is 8.33. The molecule has 0 saturated heterocycles. The van der Waals surface area contributed by atoms with Crippen LogP contribution >= 0.6 is 43.2 Å². The standard InChI is InChI=1S/C16H8Br2S/c17-10-7-13(18)15-12-6-5-9-3-1-2-4-11(9)16(12)19-14(15)8-10/h1-8H. The first kappa shape index (κ1) is 11.9. The van der Waals surface area contributed by atoms with Crippen molar-refractivity contribution in [2.75, 3.05) is 0 Å². The van der Waals surface area contributed by atoms with Gasteiger partial charge in [-0.3, -0.25) is 0 Å². The molecule has 3 heteroatoms. The molecule has 0 bridgehead atoms. The van der Waals surface area contributed by atoms with Crippen LogP contribution < -0.4 is 0 Å². The zero-order valence-electron chi connectivity index (χ0n) is 9.78. The maximum atomic E-state index is 3.69. The Morgan fingerprint density at radius 1 is 0.842 bits per heavy atom.